The van der Waals surface area contributed by atoms with Crippen molar-refractivity contribution < 1.29 is 27.7 Å². The summed E-state index contributed by atoms with van der Waals surface area (Å²) in [5, 5.41) is 13.5. The SMILES string of the molecule is Cc1nonc1C(=O)NC(c1nc2ccc(C(NC(=O)CC3CC(F)(F)C3)C3CC3)cc2[nH]1)[C@@H]1CCCCO1. The van der Waals surface area contributed by atoms with Crippen molar-refractivity contribution >= 4 is 22.8 Å². The smallest absolute Gasteiger partial charge is 0.276 e. The van der Waals surface area contributed by atoms with E-state index in [-0.39, 0.29) is 48.9 Å². The molecule has 1 saturated heterocycles. The van der Waals surface area contributed by atoms with Gasteiger partial charge in [0.05, 0.1) is 23.2 Å². The Morgan fingerprint density at radius 3 is 2.62 bits per heavy atom. The van der Waals surface area contributed by atoms with E-state index >= 15 is 0 Å². The Hall–Kier alpha value is -3.41. The number of aromatic amines is 1. The lowest BCUT2D eigenvalue weighted by atomic mass is 9.79. The maximum absolute atomic E-state index is 13.2. The number of rotatable bonds is 9. The number of nitrogens with one attached hydrogen (secondary N) is 3. The number of aryl methyl sites for hydroxylation is 1. The highest BCUT2D eigenvalue weighted by molar-refractivity contribution is 5.93. The van der Waals surface area contributed by atoms with Crippen molar-refractivity contribution in [2.24, 2.45) is 11.8 Å². The fraction of sp³-hybridized carbons (Fsp3) is 0.593. The van der Waals surface area contributed by atoms with Crippen LogP contribution in [0.4, 0.5) is 8.78 Å². The van der Waals surface area contributed by atoms with E-state index in [2.05, 4.69) is 25.9 Å². The average molecular weight is 543 g/mol. The van der Waals surface area contributed by atoms with E-state index < -0.39 is 17.9 Å². The van der Waals surface area contributed by atoms with Crippen molar-refractivity contribution in [1.29, 1.82) is 0 Å². The minimum Gasteiger partial charge on any atom is -0.376 e. The molecule has 3 aliphatic rings. The van der Waals surface area contributed by atoms with Gasteiger partial charge in [-0.2, -0.15) is 0 Å². The lowest BCUT2D eigenvalue weighted by Crippen LogP contribution is -2.40. The Balaban J connectivity index is 1.22. The van der Waals surface area contributed by atoms with E-state index in [4.69, 9.17) is 14.3 Å². The number of carbonyl (C=O) groups excluding carboxylic acids is 2. The van der Waals surface area contributed by atoms with Gasteiger partial charge in [-0.1, -0.05) is 11.2 Å². The van der Waals surface area contributed by atoms with Gasteiger partial charge in [-0.3, -0.25) is 9.59 Å². The van der Waals surface area contributed by atoms with Crippen LogP contribution in [-0.4, -0.2) is 50.7 Å². The fourth-order valence-corrected chi connectivity index (χ4v) is 5.73. The highest BCUT2D eigenvalue weighted by Crippen LogP contribution is 2.45. The summed E-state index contributed by atoms with van der Waals surface area (Å²) in [6.45, 7) is 2.25. The first-order chi connectivity index (χ1) is 18.8. The number of fused-ring (bicyclic) bond motifs is 1. The number of alkyl halides is 2. The average Bonchev–Trinajstić information content (AvgIpc) is 3.50. The van der Waals surface area contributed by atoms with E-state index in [1.54, 1.807) is 6.92 Å². The standard InChI is InChI=1S/C27H32F2N6O4/c1-14-22(35-39-34-14)26(37)33-24(20-4-2-3-9-38-20)25-30-18-8-7-17(11-19(18)31-25)23(16-5-6-16)32-21(36)10-15-12-27(28,29)13-15/h7-8,11,15-16,20,23-24H,2-6,9-10,12-13H2,1H3,(H,30,31)(H,32,36)(H,33,37)/t20-,23?,24?/m0/s1. The van der Waals surface area contributed by atoms with E-state index in [1.165, 1.54) is 0 Å². The van der Waals surface area contributed by atoms with Crippen LogP contribution in [0.15, 0.2) is 22.8 Å². The zero-order chi connectivity index (χ0) is 27.1. The van der Waals surface area contributed by atoms with Crippen molar-refractivity contribution in [1.82, 2.24) is 30.9 Å². The Labute approximate surface area is 223 Å². The molecule has 10 nitrogen and oxygen atoms in total. The number of imidazole rings is 1. The van der Waals surface area contributed by atoms with Gasteiger partial charge in [0.15, 0.2) is 5.69 Å². The molecule has 2 unspecified atom stereocenters. The van der Waals surface area contributed by atoms with E-state index in [0.29, 0.717) is 24.0 Å². The Morgan fingerprint density at radius 1 is 1.13 bits per heavy atom. The van der Waals surface area contributed by atoms with Crippen LogP contribution in [0.2, 0.25) is 0 Å². The molecular formula is C27H32F2N6O4. The number of H-pyrrole nitrogens is 1. The van der Waals surface area contributed by atoms with Crippen LogP contribution in [0, 0.1) is 18.8 Å². The van der Waals surface area contributed by atoms with Crippen molar-refractivity contribution in [3.05, 3.63) is 41.0 Å². The third kappa shape index (κ3) is 5.66. The topological polar surface area (TPSA) is 135 Å². The van der Waals surface area contributed by atoms with Crippen LogP contribution < -0.4 is 10.6 Å². The van der Waals surface area contributed by atoms with Crippen LogP contribution in [0.3, 0.4) is 0 Å². The normalized spacial score (nSPS) is 22.7. The number of hydrogen-bond acceptors (Lipinski definition) is 7. The summed E-state index contributed by atoms with van der Waals surface area (Å²) < 4.78 is 37.1. The van der Waals surface area contributed by atoms with Gasteiger partial charge in [-0.15, -0.1) is 0 Å². The maximum atomic E-state index is 13.2. The second kappa shape index (κ2) is 10.3. The summed E-state index contributed by atoms with van der Waals surface area (Å²) >= 11 is 0. The molecule has 3 fully saturated rings. The number of nitrogens with zero attached hydrogens (tertiary/aromatic N) is 3. The zero-order valence-electron chi connectivity index (χ0n) is 21.7. The molecule has 3 atom stereocenters. The van der Waals surface area contributed by atoms with Gasteiger partial charge in [-0.25, -0.2) is 18.4 Å². The third-order valence-electron chi connectivity index (χ3n) is 7.98. The van der Waals surface area contributed by atoms with Gasteiger partial charge in [0.2, 0.25) is 11.8 Å². The Bertz CT molecular complexity index is 1360. The molecule has 0 bridgehead atoms. The molecule has 2 saturated carbocycles. The highest BCUT2D eigenvalue weighted by atomic mass is 19.3. The molecule has 6 rings (SSSR count). The van der Waals surface area contributed by atoms with E-state index in [9.17, 15) is 18.4 Å². The molecular weight excluding hydrogens is 510 g/mol. The summed E-state index contributed by atoms with van der Waals surface area (Å²) in [6.07, 6.45) is 4.14. The first-order valence-corrected chi connectivity index (χ1v) is 13.6. The molecule has 3 aromatic rings. The van der Waals surface area contributed by atoms with Crippen LogP contribution >= 0.6 is 0 Å². The molecule has 1 aliphatic heterocycles. The number of carbonyl (C=O) groups is 2. The molecule has 2 aromatic heterocycles. The maximum Gasteiger partial charge on any atom is 0.276 e. The number of benzene rings is 1. The molecule has 2 amide bonds. The summed E-state index contributed by atoms with van der Waals surface area (Å²) in [6, 6.07) is 5.09. The van der Waals surface area contributed by atoms with Crippen LogP contribution in [0.5, 0.6) is 0 Å². The van der Waals surface area contributed by atoms with Gasteiger partial charge < -0.3 is 20.4 Å². The van der Waals surface area contributed by atoms with Gasteiger partial charge in [-0.05, 0) is 73.7 Å². The summed E-state index contributed by atoms with van der Waals surface area (Å²) in [4.78, 5) is 33.8. The molecule has 0 radical (unpaired) electrons. The van der Waals surface area contributed by atoms with Crippen molar-refractivity contribution in [3.63, 3.8) is 0 Å². The summed E-state index contributed by atoms with van der Waals surface area (Å²) in [7, 11) is 0. The molecule has 0 spiro atoms. The largest absolute Gasteiger partial charge is 0.376 e. The molecule has 3 heterocycles. The van der Waals surface area contributed by atoms with Crippen LogP contribution in [0.25, 0.3) is 11.0 Å². The van der Waals surface area contributed by atoms with Crippen LogP contribution in [0.1, 0.15) is 91.0 Å². The van der Waals surface area contributed by atoms with Gasteiger partial charge in [0.25, 0.3) is 5.91 Å². The lowest BCUT2D eigenvalue weighted by Gasteiger charge is -2.34. The van der Waals surface area contributed by atoms with E-state index in [1.807, 2.05) is 18.2 Å². The lowest BCUT2D eigenvalue weighted by molar-refractivity contribution is -0.134. The third-order valence-corrected chi connectivity index (χ3v) is 7.98. The van der Waals surface area contributed by atoms with Gasteiger partial charge in [0.1, 0.15) is 17.6 Å². The van der Waals surface area contributed by atoms with Crippen LogP contribution in [-0.2, 0) is 9.53 Å². The minimum atomic E-state index is -2.63. The minimum absolute atomic E-state index is 0.114. The number of halogens is 2. The number of amides is 2. The summed E-state index contributed by atoms with van der Waals surface area (Å²) in [5.74, 6) is -2.62. The number of hydrogen-bond donors (Lipinski definition) is 3. The van der Waals surface area contributed by atoms with E-state index in [0.717, 1.165) is 48.7 Å². The zero-order valence-corrected chi connectivity index (χ0v) is 21.7. The number of aromatic nitrogens is 4. The fourth-order valence-electron chi connectivity index (χ4n) is 5.73. The second-order valence-corrected chi connectivity index (χ2v) is 11.2. The highest BCUT2D eigenvalue weighted by Gasteiger charge is 2.46. The van der Waals surface area contributed by atoms with Crippen molar-refractivity contribution in [2.75, 3.05) is 6.61 Å². The van der Waals surface area contributed by atoms with Crippen molar-refractivity contribution in [3.8, 4) is 0 Å². The van der Waals surface area contributed by atoms with Gasteiger partial charge in [0, 0.05) is 25.9 Å². The summed E-state index contributed by atoms with van der Waals surface area (Å²) in [5.41, 5.74) is 2.94. The monoisotopic (exact) mass is 542 g/mol. The molecule has 3 N–H and O–H groups in total. The second-order valence-electron chi connectivity index (χ2n) is 11.2. The molecule has 208 valence electrons. The molecule has 2 aliphatic carbocycles. The molecule has 1 aromatic carbocycles. The number of ether oxygens (including phenoxy) is 1. The first kappa shape index (κ1) is 25.8. The molecule has 39 heavy (non-hydrogen) atoms. The van der Waals surface area contributed by atoms with Crippen molar-refractivity contribution in [2.45, 2.75) is 82.4 Å². The predicted molar refractivity (Wildman–Crippen MR) is 135 cm³/mol. The molecule has 12 heteroatoms. The Morgan fingerprint density at radius 2 is 1.95 bits per heavy atom. The quantitative estimate of drug-likeness (QED) is 0.367. The predicted octanol–water partition coefficient (Wildman–Crippen LogP) is 4.30. The first-order valence-electron chi connectivity index (χ1n) is 13.6. The Kier molecular flexibility index (Phi) is 6.82. The van der Waals surface area contributed by atoms with Gasteiger partial charge >= 0.3 is 0 Å².